The highest BCUT2D eigenvalue weighted by Crippen LogP contribution is 2.23. The van der Waals surface area contributed by atoms with E-state index in [-0.39, 0.29) is 5.69 Å². The van der Waals surface area contributed by atoms with Gasteiger partial charge in [0, 0.05) is 0 Å². The van der Waals surface area contributed by atoms with Gasteiger partial charge < -0.3 is 10.2 Å². The lowest BCUT2D eigenvalue weighted by atomic mass is 10.2. The number of nitrogens with zero attached hydrogens (tertiary/aromatic N) is 2. The Balaban J connectivity index is 2.89. The predicted molar refractivity (Wildman–Crippen MR) is 42.5 cm³/mol. The molecule has 0 saturated heterocycles. The summed E-state index contributed by atoms with van der Waals surface area (Å²) in [7, 11) is 0. The number of carboxylic acid groups (broad SMARTS) is 1. The van der Waals surface area contributed by atoms with Gasteiger partial charge in [0.25, 0.3) is 0 Å². The highest BCUT2D eigenvalue weighted by atomic mass is 16.6. The molecule has 1 rings (SSSR count). The number of rotatable bonds is 4. The maximum Gasteiger partial charge on any atom is 0.312 e. The molecule has 3 N–H and O–H groups in total. The second-order valence-corrected chi connectivity index (χ2v) is 2.54. The lowest BCUT2D eigenvalue weighted by Gasteiger charge is -2.03. The second-order valence-electron chi connectivity index (χ2n) is 2.54. The minimum atomic E-state index is -1.45. The average Bonchev–Trinajstić information content (AvgIpc) is 2.49. The molecule has 0 aliphatic rings. The van der Waals surface area contributed by atoms with Gasteiger partial charge in [-0.3, -0.25) is 20.0 Å². The molecule has 0 aliphatic heterocycles. The highest BCUT2D eigenvalue weighted by Gasteiger charge is 2.24. The standard InChI is InChI=1S/C6H7N3O5/c10-4(1-5(11)12)6-3(9(13)14)2-7-8-6/h2,4,10H,1H2,(H,7,8)(H,11,12)/t4-/m0/s1. The molecule has 8 heteroatoms. The third kappa shape index (κ3) is 2.04. The number of carbonyl (C=O) groups is 1. The zero-order chi connectivity index (χ0) is 10.7. The van der Waals surface area contributed by atoms with Crippen LogP contribution in [-0.4, -0.2) is 31.3 Å². The van der Waals surface area contributed by atoms with Crippen LogP contribution >= 0.6 is 0 Å². The van der Waals surface area contributed by atoms with Crippen molar-refractivity contribution in [2.45, 2.75) is 12.5 Å². The van der Waals surface area contributed by atoms with E-state index in [1.54, 1.807) is 0 Å². The lowest BCUT2D eigenvalue weighted by molar-refractivity contribution is -0.386. The minimum absolute atomic E-state index is 0.197. The minimum Gasteiger partial charge on any atom is -0.481 e. The number of hydrogen-bond acceptors (Lipinski definition) is 5. The van der Waals surface area contributed by atoms with E-state index in [0.29, 0.717) is 0 Å². The third-order valence-electron chi connectivity index (χ3n) is 1.55. The smallest absolute Gasteiger partial charge is 0.312 e. The van der Waals surface area contributed by atoms with E-state index in [1.807, 2.05) is 0 Å². The van der Waals surface area contributed by atoms with Crippen molar-refractivity contribution in [2.24, 2.45) is 0 Å². The van der Waals surface area contributed by atoms with Crippen molar-refractivity contribution in [1.29, 1.82) is 0 Å². The van der Waals surface area contributed by atoms with Gasteiger partial charge >= 0.3 is 11.7 Å². The largest absolute Gasteiger partial charge is 0.481 e. The Morgan fingerprint density at radius 1 is 1.79 bits per heavy atom. The molecule has 0 fully saturated rings. The lowest BCUT2D eigenvalue weighted by Crippen LogP contribution is -2.07. The van der Waals surface area contributed by atoms with Gasteiger partial charge in [-0.25, -0.2) is 0 Å². The summed E-state index contributed by atoms with van der Waals surface area (Å²) >= 11 is 0. The molecule has 76 valence electrons. The Morgan fingerprint density at radius 2 is 2.43 bits per heavy atom. The van der Waals surface area contributed by atoms with Crippen LogP contribution in [0.1, 0.15) is 18.2 Å². The summed E-state index contributed by atoms with van der Waals surface area (Å²) in [5.74, 6) is -1.25. The Hall–Kier alpha value is -1.96. The fourth-order valence-corrected chi connectivity index (χ4v) is 0.948. The molecule has 0 aromatic carbocycles. The van der Waals surface area contributed by atoms with Gasteiger partial charge in [0.05, 0.1) is 11.3 Å². The quantitative estimate of drug-likeness (QED) is 0.457. The number of aliphatic hydroxyl groups excluding tert-OH is 1. The molecule has 0 saturated carbocycles. The summed E-state index contributed by atoms with van der Waals surface area (Å²) in [6.07, 6.45) is -1.14. The SMILES string of the molecule is O=C(O)C[C@H](O)c1[nH]ncc1[N+](=O)[O-]. The first-order valence-electron chi connectivity index (χ1n) is 3.60. The molecule has 14 heavy (non-hydrogen) atoms. The van der Waals surface area contributed by atoms with E-state index in [0.717, 1.165) is 6.20 Å². The zero-order valence-corrected chi connectivity index (χ0v) is 6.88. The third-order valence-corrected chi connectivity index (χ3v) is 1.55. The summed E-state index contributed by atoms with van der Waals surface area (Å²) in [4.78, 5) is 19.8. The number of carboxylic acids is 1. The summed E-state index contributed by atoms with van der Waals surface area (Å²) in [6, 6.07) is 0. The number of aromatic nitrogens is 2. The van der Waals surface area contributed by atoms with E-state index in [9.17, 15) is 20.0 Å². The van der Waals surface area contributed by atoms with Gasteiger partial charge in [-0.05, 0) is 0 Å². The molecule has 0 amide bonds. The first-order chi connectivity index (χ1) is 6.52. The van der Waals surface area contributed by atoms with Crippen LogP contribution in [0.2, 0.25) is 0 Å². The Morgan fingerprint density at radius 3 is 2.93 bits per heavy atom. The number of aromatic amines is 1. The van der Waals surface area contributed by atoms with Crippen LogP contribution in [0.5, 0.6) is 0 Å². The van der Waals surface area contributed by atoms with Crippen molar-refractivity contribution < 1.29 is 19.9 Å². The summed E-state index contributed by atoms with van der Waals surface area (Å²) in [5, 5.41) is 33.5. The Bertz CT molecular complexity index is 360. The van der Waals surface area contributed by atoms with Crippen molar-refractivity contribution in [1.82, 2.24) is 10.2 Å². The second kappa shape index (κ2) is 3.83. The van der Waals surface area contributed by atoms with Crippen LogP contribution in [0.25, 0.3) is 0 Å². The van der Waals surface area contributed by atoms with Gasteiger partial charge in [-0.1, -0.05) is 0 Å². The summed E-state index contributed by atoms with van der Waals surface area (Å²) < 4.78 is 0. The topological polar surface area (TPSA) is 129 Å². The molecule has 1 aromatic heterocycles. The molecule has 8 nitrogen and oxygen atoms in total. The Kier molecular flexibility index (Phi) is 2.77. The van der Waals surface area contributed by atoms with Crippen LogP contribution in [0.3, 0.4) is 0 Å². The molecule has 0 aliphatic carbocycles. The van der Waals surface area contributed by atoms with E-state index < -0.39 is 29.1 Å². The van der Waals surface area contributed by atoms with E-state index in [2.05, 4.69) is 10.2 Å². The van der Waals surface area contributed by atoms with Crippen LogP contribution in [0, 0.1) is 10.1 Å². The number of nitrogens with one attached hydrogen (secondary N) is 1. The van der Waals surface area contributed by atoms with E-state index in [1.165, 1.54) is 0 Å². The van der Waals surface area contributed by atoms with Crippen molar-refractivity contribution in [2.75, 3.05) is 0 Å². The van der Waals surface area contributed by atoms with Gasteiger partial charge in [0.2, 0.25) is 0 Å². The van der Waals surface area contributed by atoms with Crippen molar-refractivity contribution in [3.8, 4) is 0 Å². The highest BCUT2D eigenvalue weighted by molar-refractivity contribution is 5.67. The predicted octanol–water partition coefficient (Wildman–Crippen LogP) is -0.174. The Labute approximate surface area is 77.3 Å². The van der Waals surface area contributed by atoms with E-state index >= 15 is 0 Å². The van der Waals surface area contributed by atoms with Crippen LogP contribution < -0.4 is 0 Å². The molecular formula is C6H7N3O5. The van der Waals surface area contributed by atoms with Crippen LogP contribution in [0.4, 0.5) is 5.69 Å². The normalized spacial score (nSPS) is 12.4. The summed E-state index contributed by atoms with van der Waals surface area (Å²) in [6.45, 7) is 0. The van der Waals surface area contributed by atoms with Crippen molar-refractivity contribution in [3.05, 3.63) is 22.0 Å². The first-order valence-corrected chi connectivity index (χ1v) is 3.60. The molecule has 1 atom stereocenters. The molecule has 1 aromatic rings. The molecule has 1 heterocycles. The zero-order valence-electron chi connectivity index (χ0n) is 6.88. The number of hydrogen-bond donors (Lipinski definition) is 3. The number of aliphatic hydroxyl groups is 1. The van der Waals surface area contributed by atoms with Gasteiger partial charge in [-0.15, -0.1) is 0 Å². The number of H-pyrrole nitrogens is 1. The summed E-state index contributed by atoms with van der Waals surface area (Å²) in [5.41, 5.74) is -0.615. The fraction of sp³-hybridized carbons (Fsp3) is 0.333. The molecule has 0 spiro atoms. The van der Waals surface area contributed by atoms with Crippen LogP contribution in [0.15, 0.2) is 6.20 Å². The monoisotopic (exact) mass is 201 g/mol. The molecular weight excluding hydrogens is 194 g/mol. The number of aliphatic carboxylic acids is 1. The van der Waals surface area contributed by atoms with Gasteiger partial charge in [0.1, 0.15) is 18.0 Å². The van der Waals surface area contributed by atoms with Crippen molar-refractivity contribution >= 4 is 11.7 Å². The first kappa shape index (κ1) is 10.1. The molecule has 0 radical (unpaired) electrons. The van der Waals surface area contributed by atoms with Gasteiger partial charge in [0.15, 0.2) is 0 Å². The average molecular weight is 201 g/mol. The number of nitro groups is 1. The van der Waals surface area contributed by atoms with Gasteiger partial charge in [-0.2, -0.15) is 5.10 Å². The maximum absolute atomic E-state index is 10.4. The van der Waals surface area contributed by atoms with E-state index in [4.69, 9.17) is 5.11 Å². The fourth-order valence-electron chi connectivity index (χ4n) is 0.948. The molecule has 0 bridgehead atoms. The van der Waals surface area contributed by atoms with Crippen molar-refractivity contribution in [3.63, 3.8) is 0 Å². The van der Waals surface area contributed by atoms with Crippen LogP contribution in [-0.2, 0) is 4.79 Å². The molecule has 0 unspecified atom stereocenters. The maximum atomic E-state index is 10.4.